The molecule has 8 heteroatoms. The topological polar surface area (TPSA) is 88.9 Å². The molecule has 3 rings (SSSR count). The second kappa shape index (κ2) is 11.7. The average Bonchev–Trinajstić information content (AvgIpc) is 3.24. The first kappa shape index (κ1) is 24.5. The molecule has 0 aliphatic rings. The van der Waals surface area contributed by atoms with Crippen LogP contribution in [0.2, 0.25) is 0 Å². The lowest BCUT2D eigenvalue weighted by Gasteiger charge is -2.22. The molecule has 0 aliphatic carbocycles. The highest BCUT2D eigenvalue weighted by Gasteiger charge is 2.26. The van der Waals surface area contributed by atoms with Crippen molar-refractivity contribution in [2.45, 2.75) is 51.5 Å². The first-order valence-corrected chi connectivity index (χ1v) is 12.1. The fourth-order valence-corrected chi connectivity index (χ4v) is 4.34. The van der Waals surface area contributed by atoms with Gasteiger partial charge in [-0.2, -0.15) is 0 Å². The van der Waals surface area contributed by atoms with Crippen LogP contribution >= 0.6 is 11.8 Å². The van der Waals surface area contributed by atoms with E-state index in [0.717, 1.165) is 5.56 Å². The molecule has 0 fully saturated rings. The van der Waals surface area contributed by atoms with Gasteiger partial charge in [0.1, 0.15) is 0 Å². The molecule has 2 aromatic carbocycles. The van der Waals surface area contributed by atoms with Crippen LogP contribution in [0.25, 0.3) is 0 Å². The predicted octanol–water partition coefficient (Wildman–Crippen LogP) is 4.39. The van der Waals surface area contributed by atoms with Gasteiger partial charge in [0, 0.05) is 12.1 Å². The van der Waals surface area contributed by atoms with Gasteiger partial charge < -0.3 is 15.2 Å². The summed E-state index contributed by atoms with van der Waals surface area (Å²) >= 11 is 1.35. The molecule has 0 saturated carbocycles. The van der Waals surface area contributed by atoms with Crippen LogP contribution in [0.15, 0.2) is 65.8 Å². The van der Waals surface area contributed by atoms with Crippen molar-refractivity contribution in [2.75, 3.05) is 5.75 Å². The Kier molecular flexibility index (Phi) is 8.65. The molecule has 2 unspecified atom stereocenters. The van der Waals surface area contributed by atoms with Gasteiger partial charge in [0.2, 0.25) is 5.91 Å². The van der Waals surface area contributed by atoms with E-state index in [0.29, 0.717) is 23.1 Å². The smallest absolute Gasteiger partial charge is 0.251 e. The Morgan fingerprint density at radius 1 is 0.939 bits per heavy atom. The fraction of sp³-hybridized carbons (Fsp3) is 0.360. The van der Waals surface area contributed by atoms with Crippen LogP contribution in [0.5, 0.6) is 0 Å². The zero-order chi connectivity index (χ0) is 23.8. The maximum atomic E-state index is 12.7. The second-order valence-corrected chi connectivity index (χ2v) is 9.08. The van der Waals surface area contributed by atoms with E-state index in [1.165, 1.54) is 11.8 Å². The lowest BCUT2D eigenvalue weighted by atomic mass is 10.0. The summed E-state index contributed by atoms with van der Waals surface area (Å²) in [6.07, 6.45) is 0. The zero-order valence-corrected chi connectivity index (χ0v) is 20.3. The second-order valence-electron chi connectivity index (χ2n) is 8.13. The van der Waals surface area contributed by atoms with Crippen LogP contribution in [0.1, 0.15) is 61.5 Å². The molecule has 2 N–H and O–H groups in total. The maximum Gasteiger partial charge on any atom is 0.251 e. The van der Waals surface area contributed by atoms with E-state index in [2.05, 4.69) is 20.8 Å². The molecule has 3 aromatic rings. The van der Waals surface area contributed by atoms with Gasteiger partial charge in [-0.1, -0.05) is 74.1 Å². The van der Waals surface area contributed by atoms with Gasteiger partial charge in [-0.3, -0.25) is 9.59 Å². The molecule has 2 amide bonds. The molecule has 0 radical (unpaired) electrons. The third kappa shape index (κ3) is 6.44. The minimum absolute atomic E-state index is 0.0682. The van der Waals surface area contributed by atoms with Crippen molar-refractivity contribution in [3.05, 3.63) is 77.6 Å². The van der Waals surface area contributed by atoms with Gasteiger partial charge in [-0.25, -0.2) is 0 Å². The fourth-order valence-electron chi connectivity index (χ4n) is 3.52. The van der Waals surface area contributed by atoms with Crippen molar-refractivity contribution in [1.29, 1.82) is 0 Å². The number of nitrogens with one attached hydrogen (secondary N) is 2. The third-order valence-electron chi connectivity index (χ3n) is 5.34. The SMILES string of the molecule is CCn1c(SCC(=O)NC(C)c2ccccc2)nnc1C(NC(=O)c1ccccc1)C(C)C. The Balaban J connectivity index is 1.67. The summed E-state index contributed by atoms with van der Waals surface area (Å²) in [6, 6.07) is 18.6. The molecule has 7 nitrogen and oxygen atoms in total. The van der Waals surface area contributed by atoms with Crippen LogP contribution in [0, 0.1) is 5.92 Å². The summed E-state index contributed by atoms with van der Waals surface area (Å²) in [7, 11) is 0. The van der Waals surface area contributed by atoms with Crippen molar-refractivity contribution < 1.29 is 9.59 Å². The number of hydrogen-bond acceptors (Lipinski definition) is 5. The van der Waals surface area contributed by atoms with E-state index in [-0.39, 0.29) is 35.6 Å². The number of amides is 2. The first-order valence-electron chi connectivity index (χ1n) is 11.2. The normalized spacial score (nSPS) is 12.9. The average molecular weight is 466 g/mol. The number of rotatable bonds is 10. The summed E-state index contributed by atoms with van der Waals surface area (Å²) in [4.78, 5) is 25.3. The van der Waals surface area contributed by atoms with Crippen LogP contribution in [-0.2, 0) is 11.3 Å². The number of carbonyl (C=O) groups excluding carboxylic acids is 2. The number of thioether (sulfide) groups is 1. The van der Waals surface area contributed by atoms with Gasteiger partial charge in [0.15, 0.2) is 11.0 Å². The van der Waals surface area contributed by atoms with Crippen LogP contribution in [0.4, 0.5) is 0 Å². The number of aromatic nitrogens is 3. The monoisotopic (exact) mass is 465 g/mol. The van der Waals surface area contributed by atoms with Gasteiger partial charge in [0.05, 0.1) is 17.8 Å². The molecule has 0 aliphatic heterocycles. The van der Waals surface area contributed by atoms with E-state index in [1.807, 2.05) is 80.8 Å². The lowest BCUT2D eigenvalue weighted by molar-refractivity contribution is -0.119. The minimum atomic E-state index is -0.300. The molecule has 1 heterocycles. The van der Waals surface area contributed by atoms with Gasteiger partial charge in [-0.05, 0) is 37.5 Å². The number of carbonyl (C=O) groups is 2. The van der Waals surface area contributed by atoms with Gasteiger partial charge >= 0.3 is 0 Å². The van der Waals surface area contributed by atoms with Crippen LogP contribution < -0.4 is 10.6 Å². The summed E-state index contributed by atoms with van der Waals surface area (Å²) in [5, 5.41) is 15.5. The number of hydrogen-bond donors (Lipinski definition) is 2. The first-order chi connectivity index (χ1) is 15.9. The molecule has 174 valence electrons. The summed E-state index contributed by atoms with van der Waals surface area (Å²) < 4.78 is 1.97. The molecule has 0 spiro atoms. The van der Waals surface area contributed by atoms with E-state index in [9.17, 15) is 9.59 Å². The van der Waals surface area contributed by atoms with Crippen molar-refractivity contribution in [3.8, 4) is 0 Å². The summed E-state index contributed by atoms with van der Waals surface area (Å²) in [5.41, 5.74) is 1.66. The molecule has 0 bridgehead atoms. The highest BCUT2D eigenvalue weighted by molar-refractivity contribution is 7.99. The highest BCUT2D eigenvalue weighted by atomic mass is 32.2. The van der Waals surface area contributed by atoms with E-state index < -0.39 is 0 Å². The van der Waals surface area contributed by atoms with Gasteiger partial charge in [-0.15, -0.1) is 10.2 Å². The van der Waals surface area contributed by atoms with E-state index >= 15 is 0 Å². The Bertz CT molecular complexity index is 1050. The standard InChI is InChI=1S/C25H31N5O2S/c1-5-30-23(22(17(2)3)27-24(32)20-14-10-7-11-15-20)28-29-25(30)33-16-21(31)26-18(4)19-12-8-6-9-13-19/h6-15,17-18,22H,5,16H2,1-4H3,(H,26,31)(H,27,32). The van der Waals surface area contributed by atoms with E-state index in [1.54, 1.807) is 12.1 Å². The molecular weight excluding hydrogens is 434 g/mol. The quantitative estimate of drug-likeness (QED) is 0.434. The number of benzene rings is 2. The van der Waals surface area contributed by atoms with Crippen molar-refractivity contribution in [2.24, 2.45) is 5.92 Å². The molecular formula is C25H31N5O2S. The van der Waals surface area contributed by atoms with Crippen molar-refractivity contribution >= 4 is 23.6 Å². The summed E-state index contributed by atoms with van der Waals surface area (Å²) in [6.45, 7) is 8.68. The van der Waals surface area contributed by atoms with E-state index in [4.69, 9.17) is 0 Å². The van der Waals surface area contributed by atoms with Crippen molar-refractivity contribution in [1.82, 2.24) is 25.4 Å². The Labute approximate surface area is 199 Å². The maximum absolute atomic E-state index is 12.7. The predicted molar refractivity (Wildman–Crippen MR) is 131 cm³/mol. The van der Waals surface area contributed by atoms with Crippen LogP contribution in [0.3, 0.4) is 0 Å². The lowest BCUT2D eigenvalue weighted by Crippen LogP contribution is -2.33. The Hall–Kier alpha value is -3.13. The zero-order valence-electron chi connectivity index (χ0n) is 19.5. The highest BCUT2D eigenvalue weighted by Crippen LogP contribution is 2.25. The largest absolute Gasteiger partial charge is 0.349 e. The summed E-state index contributed by atoms with van der Waals surface area (Å²) in [5.74, 6) is 0.819. The Morgan fingerprint density at radius 3 is 2.18 bits per heavy atom. The number of nitrogens with zero attached hydrogens (tertiary/aromatic N) is 3. The minimum Gasteiger partial charge on any atom is -0.349 e. The van der Waals surface area contributed by atoms with Crippen LogP contribution in [-0.4, -0.2) is 32.3 Å². The molecule has 2 atom stereocenters. The molecule has 0 saturated heterocycles. The Morgan fingerprint density at radius 2 is 1.58 bits per heavy atom. The van der Waals surface area contributed by atoms with Crippen molar-refractivity contribution in [3.63, 3.8) is 0 Å². The molecule has 33 heavy (non-hydrogen) atoms. The third-order valence-corrected chi connectivity index (χ3v) is 6.31. The molecule has 1 aromatic heterocycles. The van der Waals surface area contributed by atoms with Gasteiger partial charge in [0.25, 0.3) is 5.91 Å².